The minimum atomic E-state index is -0.554. The number of ketones is 1. The Morgan fingerprint density at radius 2 is 2.06 bits per heavy atom. The minimum absolute atomic E-state index is 0.119. The number of amides is 1. The van der Waals surface area contributed by atoms with Gasteiger partial charge in [-0.05, 0) is 31.2 Å². The molecule has 1 rings (SSSR count). The van der Waals surface area contributed by atoms with Crippen molar-refractivity contribution in [2.45, 2.75) is 32.8 Å². The van der Waals surface area contributed by atoms with Crippen molar-refractivity contribution in [1.82, 2.24) is 25.5 Å². The number of hydrogen-bond donors (Lipinski definition) is 1. The lowest BCUT2D eigenvalue weighted by Crippen LogP contribution is -2.33. The van der Waals surface area contributed by atoms with Crippen molar-refractivity contribution >= 4 is 11.9 Å². The number of Topliss-reactive ketones (excluding diaryl/α,β-unsaturated/α-hetero) is 1. The van der Waals surface area contributed by atoms with Crippen molar-refractivity contribution in [3.8, 4) is 0 Å². The molecule has 100 valence electrons. The fourth-order valence-electron chi connectivity index (χ4n) is 1.17. The van der Waals surface area contributed by atoms with Gasteiger partial charge >= 0.3 is 6.09 Å². The minimum Gasteiger partial charge on any atom is -0.444 e. The molecule has 1 amide bonds. The van der Waals surface area contributed by atoms with E-state index in [0.29, 0.717) is 0 Å². The SMILES string of the molecule is Cn1nnnc1C(=O)CCNC(=O)OC(C)(C)C. The van der Waals surface area contributed by atoms with Gasteiger partial charge < -0.3 is 10.1 Å². The standard InChI is InChI=1S/C10H17N5O3/c1-10(2,3)18-9(17)11-6-5-7(16)8-12-13-14-15(8)4/h5-6H2,1-4H3,(H,11,17). The molecule has 0 unspecified atom stereocenters. The number of alkyl carbamates (subject to hydrolysis) is 1. The first-order valence-electron chi connectivity index (χ1n) is 5.52. The third kappa shape index (κ3) is 4.48. The maximum absolute atomic E-state index is 11.6. The van der Waals surface area contributed by atoms with Gasteiger partial charge in [-0.3, -0.25) is 4.79 Å². The number of nitrogens with one attached hydrogen (secondary N) is 1. The molecule has 0 aliphatic heterocycles. The van der Waals surface area contributed by atoms with Gasteiger partial charge in [0, 0.05) is 20.0 Å². The maximum Gasteiger partial charge on any atom is 0.407 e. The van der Waals surface area contributed by atoms with Gasteiger partial charge in [-0.1, -0.05) is 0 Å². The lowest BCUT2D eigenvalue weighted by molar-refractivity contribution is 0.0527. The summed E-state index contributed by atoms with van der Waals surface area (Å²) in [6, 6.07) is 0. The summed E-state index contributed by atoms with van der Waals surface area (Å²) >= 11 is 0. The van der Waals surface area contributed by atoms with E-state index in [2.05, 4.69) is 20.8 Å². The summed E-state index contributed by atoms with van der Waals surface area (Å²) in [6.07, 6.45) is -0.431. The predicted molar refractivity (Wildman–Crippen MR) is 62.0 cm³/mol. The second-order valence-electron chi connectivity index (χ2n) is 4.73. The molecule has 0 aliphatic carbocycles. The molecule has 1 aromatic rings. The molecular weight excluding hydrogens is 238 g/mol. The van der Waals surface area contributed by atoms with Crippen molar-refractivity contribution < 1.29 is 14.3 Å². The summed E-state index contributed by atoms with van der Waals surface area (Å²) in [5.41, 5.74) is -0.554. The van der Waals surface area contributed by atoms with Gasteiger partial charge in [-0.25, -0.2) is 9.48 Å². The quantitative estimate of drug-likeness (QED) is 0.777. The van der Waals surface area contributed by atoms with Gasteiger partial charge in [0.1, 0.15) is 5.60 Å². The lowest BCUT2D eigenvalue weighted by Gasteiger charge is -2.19. The topological polar surface area (TPSA) is 99.0 Å². The Bertz CT molecular complexity index is 435. The van der Waals surface area contributed by atoms with E-state index in [0.717, 1.165) is 0 Å². The smallest absolute Gasteiger partial charge is 0.407 e. The van der Waals surface area contributed by atoms with Gasteiger partial charge in [-0.15, -0.1) is 5.10 Å². The van der Waals surface area contributed by atoms with Crippen LogP contribution in [0, 0.1) is 0 Å². The second kappa shape index (κ2) is 5.56. The van der Waals surface area contributed by atoms with E-state index in [9.17, 15) is 9.59 Å². The third-order valence-corrected chi connectivity index (χ3v) is 1.89. The highest BCUT2D eigenvalue weighted by molar-refractivity contribution is 5.92. The van der Waals surface area contributed by atoms with Crippen LogP contribution in [0.1, 0.15) is 37.8 Å². The first kappa shape index (κ1) is 14.1. The van der Waals surface area contributed by atoms with Gasteiger partial charge in [0.25, 0.3) is 0 Å². The number of rotatable bonds is 4. The first-order chi connectivity index (χ1) is 8.29. The Kier molecular flexibility index (Phi) is 4.35. The number of aromatic nitrogens is 4. The normalized spacial score (nSPS) is 11.1. The summed E-state index contributed by atoms with van der Waals surface area (Å²) in [5.74, 6) is -0.0699. The van der Waals surface area contributed by atoms with Gasteiger partial charge in [-0.2, -0.15) is 0 Å². The summed E-state index contributed by atoms with van der Waals surface area (Å²) in [7, 11) is 1.58. The van der Waals surface area contributed by atoms with Crippen LogP contribution in [0.5, 0.6) is 0 Å². The van der Waals surface area contributed by atoms with Crippen molar-refractivity contribution in [3.63, 3.8) is 0 Å². The first-order valence-corrected chi connectivity index (χ1v) is 5.52. The average molecular weight is 255 g/mol. The van der Waals surface area contributed by atoms with Crippen LogP contribution in [0.25, 0.3) is 0 Å². The number of carbonyl (C=O) groups is 2. The second-order valence-corrected chi connectivity index (χ2v) is 4.73. The highest BCUT2D eigenvalue weighted by Crippen LogP contribution is 2.06. The number of hydrogen-bond acceptors (Lipinski definition) is 6. The zero-order chi connectivity index (χ0) is 13.8. The molecule has 1 N–H and O–H groups in total. The fourth-order valence-corrected chi connectivity index (χ4v) is 1.17. The maximum atomic E-state index is 11.6. The Labute approximate surface area is 105 Å². The average Bonchev–Trinajstić information content (AvgIpc) is 2.61. The van der Waals surface area contributed by atoms with Crippen LogP contribution in [-0.2, 0) is 11.8 Å². The molecule has 1 heterocycles. The van der Waals surface area contributed by atoms with Crippen LogP contribution in [0.4, 0.5) is 4.79 Å². The van der Waals surface area contributed by atoms with Crippen molar-refractivity contribution in [3.05, 3.63) is 5.82 Å². The molecule has 0 spiro atoms. The highest BCUT2D eigenvalue weighted by Gasteiger charge is 2.17. The Balaban J connectivity index is 2.33. The molecule has 0 bridgehead atoms. The van der Waals surface area contributed by atoms with Crippen LogP contribution >= 0.6 is 0 Å². The van der Waals surface area contributed by atoms with E-state index in [1.165, 1.54) is 4.68 Å². The lowest BCUT2D eigenvalue weighted by atomic mass is 10.2. The molecule has 0 aromatic carbocycles. The molecular formula is C10H17N5O3. The van der Waals surface area contributed by atoms with Gasteiger partial charge in [0.2, 0.25) is 11.6 Å². The highest BCUT2D eigenvalue weighted by atomic mass is 16.6. The van der Waals surface area contributed by atoms with Gasteiger partial charge in [0.15, 0.2) is 0 Å². The van der Waals surface area contributed by atoms with E-state index in [1.54, 1.807) is 27.8 Å². The molecule has 0 atom stereocenters. The third-order valence-electron chi connectivity index (χ3n) is 1.89. The van der Waals surface area contributed by atoms with Crippen LogP contribution in [-0.4, -0.2) is 44.2 Å². The molecule has 0 aliphatic rings. The number of aryl methyl sites for hydroxylation is 1. The number of carbonyl (C=O) groups excluding carboxylic acids is 2. The Morgan fingerprint density at radius 1 is 1.39 bits per heavy atom. The molecule has 1 aromatic heterocycles. The largest absolute Gasteiger partial charge is 0.444 e. The van der Waals surface area contributed by atoms with Crippen LogP contribution < -0.4 is 5.32 Å². The molecule has 0 saturated carbocycles. The summed E-state index contributed by atoms with van der Waals surface area (Å²) in [6.45, 7) is 5.48. The van der Waals surface area contributed by atoms with E-state index in [4.69, 9.17) is 4.74 Å². The van der Waals surface area contributed by atoms with Crippen molar-refractivity contribution in [2.24, 2.45) is 7.05 Å². The molecule has 0 saturated heterocycles. The van der Waals surface area contributed by atoms with Crippen LogP contribution in [0.3, 0.4) is 0 Å². The number of tetrazole rings is 1. The molecule has 18 heavy (non-hydrogen) atoms. The van der Waals surface area contributed by atoms with E-state index >= 15 is 0 Å². The molecule has 8 heteroatoms. The van der Waals surface area contributed by atoms with E-state index in [-0.39, 0.29) is 24.6 Å². The van der Waals surface area contributed by atoms with Crippen LogP contribution in [0.2, 0.25) is 0 Å². The summed E-state index contributed by atoms with van der Waals surface area (Å²) in [4.78, 5) is 22.9. The Hall–Kier alpha value is -1.99. The van der Waals surface area contributed by atoms with Crippen molar-refractivity contribution in [2.75, 3.05) is 6.54 Å². The van der Waals surface area contributed by atoms with E-state index in [1.807, 2.05) is 0 Å². The summed E-state index contributed by atoms with van der Waals surface area (Å²) < 4.78 is 6.31. The number of ether oxygens (including phenoxy) is 1. The predicted octanol–water partition coefficient (Wildman–Crippen LogP) is 0.308. The molecule has 0 fully saturated rings. The van der Waals surface area contributed by atoms with Gasteiger partial charge in [0.05, 0.1) is 0 Å². The molecule has 0 radical (unpaired) electrons. The summed E-state index contributed by atoms with van der Waals surface area (Å²) in [5, 5.41) is 13.0. The Morgan fingerprint density at radius 3 is 2.56 bits per heavy atom. The zero-order valence-corrected chi connectivity index (χ0v) is 10.9. The van der Waals surface area contributed by atoms with E-state index < -0.39 is 11.7 Å². The van der Waals surface area contributed by atoms with Crippen LogP contribution in [0.15, 0.2) is 0 Å². The van der Waals surface area contributed by atoms with Crippen molar-refractivity contribution in [1.29, 1.82) is 0 Å². The molecule has 8 nitrogen and oxygen atoms in total. The number of nitrogens with zero attached hydrogens (tertiary/aromatic N) is 4. The monoisotopic (exact) mass is 255 g/mol. The fraction of sp³-hybridized carbons (Fsp3) is 0.700. The zero-order valence-electron chi connectivity index (χ0n) is 10.9.